The van der Waals surface area contributed by atoms with Gasteiger partial charge in [0.1, 0.15) is 0 Å². The van der Waals surface area contributed by atoms with E-state index in [1.54, 1.807) is 12.1 Å². The van der Waals surface area contributed by atoms with Gasteiger partial charge in [-0.05, 0) is 48.5 Å². The maximum Gasteiger partial charge on any atom is 0.416 e. The van der Waals surface area contributed by atoms with E-state index in [4.69, 9.17) is 5.14 Å². The first-order chi connectivity index (χ1) is 13.4. The Balaban J connectivity index is 2.11. The molecule has 3 rings (SSSR count). The van der Waals surface area contributed by atoms with Crippen LogP contribution in [0, 0.1) is 0 Å². The average Bonchev–Trinajstić information content (AvgIpc) is 3.14. The van der Waals surface area contributed by atoms with Crippen LogP contribution < -0.4 is 9.86 Å². The van der Waals surface area contributed by atoms with Crippen molar-refractivity contribution in [1.82, 2.24) is 4.57 Å². The normalized spacial score (nSPS) is 12.7. The third-order valence-electron chi connectivity index (χ3n) is 3.90. The van der Waals surface area contributed by atoms with Crippen LogP contribution in [0.5, 0.6) is 0 Å². The molecule has 0 fully saturated rings. The van der Waals surface area contributed by atoms with Gasteiger partial charge in [-0.2, -0.15) is 13.2 Å². The number of halogens is 3. The van der Waals surface area contributed by atoms with Crippen molar-refractivity contribution < 1.29 is 30.0 Å². The van der Waals surface area contributed by atoms with Gasteiger partial charge in [-0.3, -0.25) is 4.72 Å². The topological polar surface area (TPSA) is 111 Å². The first-order valence-corrected chi connectivity index (χ1v) is 10.9. The first kappa shape index (κ1) is 20.9. The fourth-order valence-electron chi connectivity index (χ4n) is 2.54. The van der Waals surface area contributed by atoms with Gasteiger partial charge in [0.2, 0.25) is 10.0 Å². The van der Waals surface area contributed by atoms with Crippen molar-refractivity contribution >= 4 is 25.7 Å². The number of nitrogens with zero attached hydrogens (tertiary/aromatic N) is 1. The van der Waals surface area contributed by atoms with E-state index in [9.17, 15) is 30.0 Å². The standard InChI is InChI=1S/C17H14F3N3O4S2/c18-17(19,20)12-6-7-16(23-8-1-2-9-23)15(10-12)22-29(26,27)14-5-3-4-13(11-14)28(21,24)25/h1-11,22H,(H2,21,24,25). The minimum Gasteiger partial charge on any atom is -0.322 e. The number of anilines is 1. The third kappa shape index (κ3) is 4.60. The number of sulfonamides is 2. The molecule has 0 aliphatic carbocycles. The molecular weight excluding hydrogens is 431 g/mol. The van der Waals surface area contributed by atoms with Crippen LogP contribution in [0.15, 0.2) is 76.8 Å². The molecule has 0 atom stereocenters. The van der Waals surface area contributed by atoms with Gasteiger partial charge >= 0.3 is 6.18 Å². The van der Waals surface area contributed by atoms with E-state index < -0.39 is 41.6 Å². The molecule has 7 nitrogen and oxygen atoms in total. The zero-order valence-electron chi connectivity index (χ0n) is 14.5. The minimum absolute atomic E-state index is 0.147. The van der Waals surface area contributed by atoms with Gasteiger partial charge in [0.05, 0.1) is 26.7 Å². The van der Waals surface area contributed by atoms with E-state index in [1.165, 1.54) is 17.0 Å². The minimum atomic E-state index is -4.69. The van der Waals surface area contributed by atoms with Crippen molar-refractivity contribution in [2.75, 3.05) is 4.72 Å². The molecule has 0 amide bonds. The number of hydrogen-bond acceptors (Lipinski definition) is 4. The van der Waals surface area contributed by atoms with Crippen molar-refractivity contribution in [3.63, 3.8) is 0 Å². The third-order valence-corrected chi connectivity index (χ3v) is 6.17. The van der Waals surface area contributed by atoms with Gasteiger partial charge < -0.3 is 4.57 Å². The van der Waals surface area contributed by atoms with Crippen molar-refractivity contribution in [3.8, 4) is 5.69 Å². The zero-order valence-corrected chi connectivity index (χ0v) is 16.1. The summed E-state index contributed by atoms with van der Waals surface area (Å²) in [6.07, 6.45) is -1.63. The highest BCUT2D eigenvalue weighted by Crippen LogP contribution is 2.34. The van der Waals surface area contributed by atoms with Gasteiger partial charge in [0.15, 0.2) is 0 Å². The predicted molar refractivity (Wildman–Crippen MR) is 99.4 cm³/mol. The summed E-state index contributed by atoms with van der Waals surface area (Å²) in [6, 6.07) is 10.0. The van der Waals surface area contributed by atoms with Gasteiger partial charge in [0.25, 0.3) is 10.0 Å². The number of primary sulfonamides is 1. The summed E-state index contributed by atoms with van der Waals surface area (Å²) in [4.78, 5) is -0.921. The molecule has 0 unspecified atom stereocenters. The molecule has 0 spiro atoms. The van der Waals surface area contributed by atoms with Crippen LogP contribution in [0.3, 0.4) is 0 Å². The largest absolute Gasteiger partial charge is 0.416 e. The molecule has 154 valence electrons. The summed E-state index contributed by atoms with van der Waals surface area (Å²) in [5.41, 5.74) is -1.24. The van der Waals surface area contributed by atoms with Crippen LogP contribution in [0.2, 0.25) is 0 Å². The van der Waals surface area contributed by atoms with Crippen LogP contribution in [0.25, 0.3) is 5.69 Å². The van der Waals surface area contributed by atoms with Crippen molar-refractivity contribution in [1.29, 1.82) is 0 Å². The summed E-state index contributed by atoms with van der Waals surface area (Å²) < 4.78 is 91.3. The highest BCUT2D eigenvalue weighted by molar-refractivity contribution is 7.93. The Morgan fingerprint density at radius 3 is 2.07 bits per heavy atom. The van der Waals surface area contributed by atoms with Crippen LogP contribution in [-0.4, -0.2) is 21.4 Å². The molecule has 0 aliphatic rings. The molecule has 12 heteroatoms. The van der Waals surface area contributed by atoms with Crippen LogP contribution in [0.1, 0.15) is 5.56 Å². The molecule has 0 bridgehead atoms. The predicted octanol–water partition coefficient (Wildman–Crippen LogP) is 2.94. The number of hydrogen-bond donors (Lipinski definition) is 2. The Morgan fingerprint density at radius 1 is 0.862 bits per heavy atom. The molecule has 3 aromatic rings. The second-order valence-electron chi connectivity index (χ2n) is 5.95. The van der Waals surface area contributed by atoms with Crippen LogP contribution in [-0.2, 0) is 26.2 Å². The maximum absolute atomic E-state index is 13.1. The van der Waals surface area contributed by atoms with E-state index in [2.05, 4.69) is 4.72 Å². The summed E-state index contributed by atoms with van der Waals surface area (Å²) in [5.74, 6) is 0. The Hall–Kier alpha value is -2.83. The summed E-state index contributed by atoms with van der Waals surface area (Å²) in [6.45, 7) is 0. The molecule has 0 aliphatic heterocycles. The highest BCUT2D eigenvalue weighted by Gasteiger charge is 2.32. The van der Waals surface area contributed by atoms with E-state index >= 15 is 0 Å². The molecule has 0 saturated heterocycles. The SMILES string of the molecule is NS(=O)(=O)c1cccc(S(=O)(=O)Nc2cc(C(F)(F)F)ccc2-n2cccc2)c1. The van der Waals surface area contributed by atoms with Crippen LogP contribution >= 0.6 is 0 Å². The second kappa shape index (κ2) is 7.21. The molecule has 2 aromatic carbocycles. The lowest BCUT2D eigenvalue weighted by Gasteiger charge is -2.16. The fourth-order valence-corrected chi connectivity index (χ4v) is 4.28. The molecule has 1 heterocycles. The van der Waals surface area contributed by atoms with E-state index in [-0.39, 0.29) is 11.4 Å². The Morgan fingerprint density at radius 2 is 1.48 bits per heavy atom. The smallest absolute Gasteiger partial charge is 0.322 e. The lowest BCUT2D eigenvalue weighted by molar-refractivity contribution is -0.137. The van der Waals surface area contributed by atoms with Gasteiger partial charge in [0, 0.05) is 12.4 Å². The molecule has 0 radical (unpaired) electrons. The van der Waals surface area contributed by atoms with E-state index in [1.807, 2.05) is 0 Å². The van der Waals surface area contributed by atoms with E-state index in [0.717, 1.165) is 36.4 Å². The summed E-state index contributed by atoms with van der Waals surface area (Å²) in [7, 11) is -8.60. The summed E-state index contributed by atoms with van der Waals surface area (Å²) >= 11 is 0. The van der Waals surface area contributed by atoms with Gasteiger partial charge in [-0.15, -0.1) is 0 Å². The lowest BCUT2D eigenvalue weighted by atomic mass is 10.1. The molecular formula is C17H14F3N3O4S2. The Labute approximate surface area is 164 Å². The van der Waals surface area contributed by atoms with Crippen molar-refractivity contribution in [2.24, 2.45) is 5.14 Å². The Bertz CT molecular complexity index is 1250. The highest BCUT2D eigenvalue weighted by atomic mass is 32.2. The first-order valence-electron chi connectivity index (χ1n) is 7.88. The number of benzene rings is 2. The molecule has 3 N–H and O–H groups in total. The molecule has 1 aromatic heterocycles. The number of nitrogens with one attached hydrogen (secondary N) is 1. The van der Waals surface area contributed by atoms with Gasteiger partial charge in [-0.1, -0.05) is 6.07 Å². The van der Waals surface area contributed by atoms with Crippen molar-refractivity contribution in [3.05, 3.63) is 72.6 Å². The van der Waals surface area contributed by atoms with Crippen LogP contribution in [0.4, 0.5) is 18.9 Å². The van der Waals surface area contributed by atoms with E-state index in [0.29, 0.717) is 6.07 Å². The number of aromatic nitrogens is 1. The number of rotatable bonds is 5. The Kier molecular flexibility index (Phi) is 5.19. The van der Waals surface area contributed by atoms with Crippen molar-refractivity contribution in [2.45, 2.75) is 16.0 Å². The maximum atomic E-state index is 13.1. The monoisotopic (exact) mass is 445 g/mol. The fraction of sp³-hybridized carbons (Fsp3) is 0.0588. The second-order valence-corrected chi connectivity index (χ2v) is 9.19. The molecule has 29 heavy (non-hydrogen) atoms. The zero-order chi connectivity index (χ0) is 21.4. The molecule has 0 saturated carbocycles. The lowest BCUT2D eigenvalue weighted by Crippen LogP contribution is -2.17. The average molecular weight is 445 g/mol. The summed E-state index contributed by atoms with van der Waals surface area (Å²) in [5, 5.41) is 5.01. The quantitative estimate of drug-likeness (QED) is 0.629. The van der Waals surface area contributed by atoms with Gasteiger partial charge in [-0.25, -0.2) is 22.0 Å². The number of nitrogens with two attached hydrogens (primary N) is 1. The number of alkyl halides is 3.